The molecule has 7 heteroatoms. The van der Waals surface area contributed by atoms with E-state index in [4.69, 9.17) is 0 Å². The van der Waals surface area contributed by atoms with E-state index in [-0.39, 0.29) is 11.8 Å². The first kappa shape index (κ1) is 19.1. The third-order valence-electron chi connectivity index (χ3n) is 5.06. The number of benzene rings is 1. The Hall–Kier alpha value is -2.25. The summed E-state index contributed by atoms with van der Waals surface area (Å²) in [6, 6.07) is 14.0. The lowest BCUT2D eigenvalue weighted by molar-refractivity contribution is -0.120. The molecule has 1 saturated heterocycles. The molecule has 0 aliphatic carbocycles. The fourth-order valence-electron chi connectivity index (χ4n) is 3.42. The first-order valence-corrected chi connectivity index (χ1v) is 11.0. The SMILES string of the molecule is Cc1cc(Br)ccc1NC(=O)C1CCN(c2ccc(-c3cccs3)nn2)CC1. The van der Waals surface area contributed by atoms with E-state index in [9.17, 15) is 4.79 Å². The van der Waals surface area contributed by atoms with E-state index in [0.717, 1.165) is 58.0 Å². The Morgan fingerprint density at radius 1 is 1.18 bits per heavy atom. The zero-order valence-corrected chi connectivity index (χ0v) is 18.0. The molecule has 3 heterocycles. The molecule has 0 unspecified atom stereocenters. The smallest absolute Gasteiger partial charge is 0.227 e. The van der Waals surface area contributed by atoms with Crippen molar-refractivity contribution < 1.29 is 4.79 Å². The van der Waals surface area contributed by atoms with E-state index in [2.05, 4.69) is 36.3 Å². The van der Waals surface area contributed by atoms with Gasteiger partial charge in [-0.25, -0.2) is 0 Å². The van der Waals surface area contributed by atoms with Crippen LogP contribution in [0.5, 0.6) is 0 Å². The summed E-state index contributed by atoms with van der Waals surface area (Å²) in [6.45, 7) is 3.62. The van der Waals surface area contributed by atoms with E-state index in [1.54, 1.807) is 11.3 Å². The average molecular weight is 457 g/mol. The van der Waals surface area contributed by atoms with Crippen LogP contribution in [0.2, 0.25) is 0 Å². The Balaban J connectivity index is 1.34. The molecule has 4 rings (SSSR count). The van der Waals surface area contributed by atoms with Crippen molar-refractivity contribution in [1.29, 1.82) is 0 Å². The lowest BCUT2D eigenvalue weighted by atomic mass is 9.95. The first-order chi connectivity index (χ1) is 13.6. The van der Waals surface area contributed by atoms with Gasteiger partial charge >= 0.3 is 0 Å². The van der Waals surface area contributed by atoms with Gasteiger partial charge in [-0.2, -0.15) is 0 Å². The number of amides is 1. The molecule has 1 fully saturated rings. The predicted molar refractivity (Wildman–Crippen MR) is 118 cm³/mol. The van der Waals surface area contributed by atoms with Gasteiger partial charge in [-0.1, -0.05) is 22.0 Å². The van der Waals surface area contributed by atoms with Crippen LogP contribution in [0.4, 0.5) is 11.5 Å². The summed E-state index contributed by atoms with van der Waals surface area (Å²) in [5.74, 6) is 1.00. The molecule has 144 valence electrons. The summed E-state index contributed by atoms with van der Waals surface area (Å²) < 4.78 is 1.02. The maximum atomic E-state index is 12.7. The summed E-state index contributed by atoms with van der Waals surface area (Å²) in [4.78, 5) is 16.0. The van der Waals surface area contributed by atoms with Crippen molar-refractivity contribution in [3.8, 4) is 10.6 Å². The van der Waals surface area contributed by atoms with Crippen LogP contribution < -0.4 is 10.2 Å². The van der Waals surface area contributed by atoms with Crippen molar-refractivity contribution in [3.63, 3.8) is 0 Å². The second kappa shape index (κ2) is 8.41. The molecule has 1 aliphatic heterocycles. The number of aryl methyl sites for hydroxylation is 1. The fourth-order valence-corrected chi connectivity index (χ4v) is 4.59. The zero-order chi connectivity index (χ0) is 19.5. The van der Waals surface area contributed by atoms with Crippen LogP contribution in [0.25, 0.3) is 10.6 Å². The quantitative estimate of drug-likeness (QED) is 0.590. The molecule has 1 aromatic carbocycles. The van der Waals surface area contributed by atoms with E-state index in [1.807, 2.05) is 54.8 Å². The number of aromatic nitrogens is 2. The molecule has 1 aliphatic rings. The number of anilines is 2. The molecule has 3 aromatic rings. The number of hydrogen-bond acceptors (Lipinski definition) is 5. The summed E-state index contributed by atoms with van der Waals surface area (Å²) >= 11 is 5.11. The van der Waals surface area contributed by atoms with Gasteiger partial charge in [0.05, 0.1) is 4.88 Å². The number of halogens is 1. The van der Waals surface area contributed by atoms with Gasteiger partial charge in [0.2, 0.25) is 5.91 Å². The van der Waals surface area contributed by atoms with Crippen LogP contribution in [-0.2, 0) is 4.79 Å². The molecule has 0 saturated carbocycles. The molecule has 0 radical (unpaired) electrons. The topological polar surface area (TPSA) is 58.1 Å². The Labute approximate surface area is 176 Å². The third-order valence-corrected chi connectivity index (χ3v) is 6.45. The zero-order valence-electron chi connectivity index (χ0n) is 15.6. The standard InChI is InChI=1S/C21H21BrN4OS/c1-14-13-16(22)4-5-17(14)23-21(27)15-8-10-26(11-9-15)20-7-6-18(24-25-20)19-3-2-12-28-19/h2-7,12-13,15H,8-11H2,1H3,(H,23,27). The van der Waals surface area contributed by atoms with Crippen molar-refractivity contribution >= 4 is 44.7 Å². The molecule has 0 spiro atoms. The molecule has 2 aromatic heterocycles. The van der Waals surface area contributed by atoms with Crippen LogP contribution in [0.3, 0.4) is 0 Å². The second-order valence-electron chi connectivity index (χ2n) is 6.96. The van der Waals surface area contributed by atoms with Gasteiger partial charge in [-0.3, -0.25) is 4.79 Å². The van der Waals surface area contributed by atoms with Crippen molar-refractivity contribution in [2.24, 2.45) is 5.92 Å². The Morgan fingerprint density at radius 3 is 2.64 bits per heavy atom. The van der Waals surface area contributed by atoms with Crippen molar-refractivity contribution in [2.75, 3.05) is 23.3 Å². The minimum absolute atomic E-state index is 0.0256. The molecule has 5 nitrogen and oxygen atoms in total. The van der Waals surface area contributed by atoms with Crippen molar-refractivity contribution in [3.05, 3.63) is 57.9 Å². The average Bonchev–Trinajstić information content (AvgIpc) is 3.25. The summed E-state index contributed by atoms with van der Waals surface area (Å²) in [7, 11) is 0. The summed E-state index contributed by atoms with van der Waals surface area (Å²) in [6.07, 6.45) is 1.63. The molecule has 28 heavy (non-hydrogen) atoms. The van der Waals surface area contributed by atoms with Gasteiger partial charge in [0, 0.05) is 29.2 Å². The number of thiophene rings is 1. The third kappa shape index (κ3) is 4.25. The van der Waals surface area contributed by atoms with Crippen LogP contribution in [-0.4, -0.2) is 29.2 Å². The maximum absolute atomic E-state index is 12.7. The Kier molecular flexibility index (Phi) is 5.73. The number of nitrogens with zero attached hydrogens (tertiary/aromatic N) is 3. The van der Waals surface area contributed by atoms with Crippen LogP contribution in [0.1, 0.15) is 18.4 Å². The Morgan fingerprint density at radius 2 is 2.00 bits per heavy atom. The summed E-state index contributed by atoms with van der Waals surface area (Å²) in [5, 5.41) is 13.9. The maximum Gasteiger partial charge on any atom is 0.227 e. The fraction of sp³-hybridized carbons (Fsp3) is 0.286. The highest BCUT2D eigenvalue weighted by Crippen LogP contribution is 2.27. The lowest BCUT2D eigenvalue weighted by Crippen LogP contribution is -2.38. The molecule has 1 N–H and O–H groups in total. The number of carbonyl (C=O) groups is 1. The van der Waals surface area contributed by atoms with E-state index >= 15 is 0 Å². The number of rotatable bonds is 4. The van der Waals surface area contributed by atoms with Crippen molar-refractivity contribution in [1.82, 2.24) is 10.2 Å². The Bertz CT molecular complexity index is 951. The normalized spacial score (nSPS) is 14.9. The molecule has 0 bridgehead atoms. The molecular formula is C21H21BrN4OS. The van der Waals surface area contributed by atoms with Crippen LogP contribution in [0.15, 0.2) is 52.3 Å². The highest BCUT2D eigenvalue weighted by Gasteiger charge is 2.26. The number of nitrogens with one attached hydrogen (secondary N) is 1. The molecule has 1 amide bonds. The number of carbonyl (C=O) groups excluding carboxylic acids is 1. The largest absolute Gasteiger partial charge is 0.355 e. The number of piperidine rings is 1. The van der Waals surface area contributed by atoms with E-state index in [0.29, 0.717) is 0 Å². The highest BCUT2D eigenvalue weighted by molar-refractivity contribution is 9.10. The molecular weight excluding hydrogens is 436 g/mol. The van der Waals surface area contributed by atoms with Crippen molar-refractivity contribution in [2.45, 2.75) is 19.8 Å². The first-order valence-electron chi connectivity index (χ1n) is 9.30. The minimum atomic E-state index is 0.0256. The van der Waals surface area contributed by atoms with Crippen LogP contribution >= 0.6 is 27.3 Å². The predicted octanol–water partition coefficient (Wildman–Crippen LogP) is 5.13. The molecule has 0 atom stereocenters. The minimum Gasteiger partial charge on any atom is -0.355 e. The van der Waals surface area contributed by atoms with Gasteiger partial charge < -0.3 is 10.2 Å². The van der Waals surface area contributed by atoms with Gasteiger partial charge in [0.15, 0.2) is 5.82 Å². The van der Waals surface area contributed by atoms with Crippen LogP contribution in [0, 0.1) is 12.8 Å². The van der Waals surface area contributed by atoms with Gasteiger partial charge in [-0.05, 0) is 67.1 Å². The monoisotopic (exact) mass is 456 g/mol. The second-order valence-corrected chi connectivity index (χ2v) is 8.83. The van der Waals surface area contributed by atoms with Gasteiger partial charge in [0.25, 0.3) is 0 Å². The number of hydrogen-bond donors (Lipinski definition) is 1. The highest BCUT2D eigenvalue weighted by atomic mass is 79.9. The van der Waals surface area contributed by atoms with E-state index in [1.165, 1.54) is 0 Å². The van der Waals surface area contributed by atoms with Gasteiger partial charge in [0.1, 0.15) is 5.69 Å². The van der Waals surface area contributed by atoms with Gasteiger partial charge in [-0.15, -0.1) is 21.5 Å². The lowest BCUT2D eigenvalue weighted by Gasteiger charge is -2.32. The van der Waals surface area contributed by atoms with E-state index < -0.39 is 0 Å². The summed E-state index contributed by atoms with van der Waals surface area (Å²) in [5.41, 5.74) is 2.84.